The van der Waals surface area contributed by atoms with E-state index in [-0.39, 0.29) is 0 Å². The van der Waals surface area contributed by atoms with Gasteiger partial charge in [0.15, 0.2) is 0 Å². The van der Waals surface area contributed by atoms with Gasteiger partial charge in [0.25, 0.3) is 0 Å². The number of unbranched alkanes of at least 4 members (excludes halogenated alkanes) is 23. The Morgan fingerprint density at radius 3 is 1.13 bits per heavy atom. The van der Waals surface area contributed by atoms with Gasteiger partial charge in [-0.25, -0.2) is 0 Å². The molecule has 0 heterocycles. The first-order valence-electron chi connectivity index (χ1n) is 17.5. The lowest BCUT2D eigenvalue weighted by molar-refractivity contribution is -0.137. The van der Waals surface area contributed by atoms with Crippen LogP contribution >= 0.6 is 0 Å². The second kappa shape index (κ2) is 34.9. The van der Waals surface area contributed by atoms with Crippen molar-refractivity contribution in [3.8, 4) is 0 Å². The lowest BCUT2D eigenvalue weighted by Gasteiger charge is -2.05. The highest BCUT2D eigenvalue weighted by atomic mass is 16.4. The molecule has 3 heteroatoms. The summed E-state index contributed by atoms with van der Waals surface area (Å²) in [5.41, 5.74) is 0. The molecular weight excluding hydrogens is 478 g/mol. The minimum Gasteiger partial charge on any atom is -0.481 e. The van der Waals surface area contributed by atoms with Gasteiger partial charge in [-0.1, -0.05) is 134 Å². The van der Waals surface area contributed by atoms with E-state index in [2.05, 4.69) is 36.5 Å². The first-order valence-corrected chi connectivity index (χ1v) is 17.5. The van der Waals surface area contributed by atoms with Crippen LogP contribution in [0, 0.1) is 0 Å². The third-order valence-corrected chi connectivity index (χ3v) is 7.77. The van der Waals surface area contributed by atoms with Crippen molar-refractivity contribution in [2.45, 2.75) is 187 Å². The molecule has 230 valence electrons. The summed E-state index contributed by atoms with van der Waals surface area (Å²) in [6.07, 6.45) is 45.4. The molecule has 0 radical (unpaired) electrons. The second-order valence-electron chi connectivity index (χ2n) is 11.8. The van der Waals surface area contributed by atoms with Crippen LogP contribution in [0.15, 0.2) is 24.3 Å². The van der Waals surface area contributed by atoms with E-state index in [1.807, 2.05) is 0 Å². The van der Waals surface area contributed by atoms with E-state index < -0.39 is 5.97 Å². The van der Waals surface area contributed by atoms with E-state index in [9.17, 15) is 4.79 Å². The average molecular weight is 548 g/mol. The van der Waals surface area contributed by atoms with E-state index in [0.29, 0.717) is 6.42 Å². The molecule has 0 saturated carbocycles. The molecule has 0 atom stereocenters. The smallest absolute Gasteiger partial charge is 0.303 e. The summed E-state index contributed by atoms with van der Waals surface area (Å²) in [4.78, 5) is 10.5. The van der Waals surface area contributed by atoms with Crippen molar-refractivity contribution in [2.24, 2.45) is 0 Å². The molecule has 0 amide bonds. The highest BCUT2D eigenvalue weighted by Crippen LogP contribution is 2.11. The summed E-state index contributed by atoms with van der Waals surface area (Å²) in [7, 11) is 0. The van der Waals surface area contributed by atoms with Crippen molar-refractivity contribution in [1.29, 1.82) is 0 Å². The third kappa shape index (κ3) is 36.9. The van der Waals surface area contributed by atoms with Crippen molar-refractivity contribution in [2.75, 3.05) is 13.1 Å². The van der Waals surface area contributed by atoms with Crippen molar-refractivity contribution >= 4 is 5.97 Å². The number of carboxylic acids is 1. The van der Waals surface area contributed by atoms with Crippen LogP contribution in [-0.2, 0) is 4.79 Å². The van der Waals surface area contributed by atoms with Gasteiger partial charge in [-0.15, -0.1) is 0 Å². The molecule has 0 aromatic rings. The number of allylic oxidation sites excluding steroid dienone is 4. The monoisotopic (exact) mass is 548 g/mol. The van der Waals surface area contributed by atoms with Gasteiger partial charge in [0.05, 0.1) is 0 Å². The Hall–Kier alpha value is -1.09. The molecule has 0 aliphatic heterocycles. The normalized spacial score (nSPS) is 11.8. The number of hydrogen-bond donors (Lipinski definition) is 2. The summed E-state index contributed by atoms with van der Waals surface area (Å²) in [5.74, 6) is -0.662. The van der Waals surface area contributed by atoms with Gasteiger partial charge in [0, 0.05) is 6.42 Å². The fourth-order valence-electron chi connectivity index (χ4n) is 5.15. The van der Waals surface area contributed by atoms with Gasteiger partial charge >= 0.3 is 5.97 Å². The number of hydrogen-bond acceptors (Lipinski definition) is 2. The highest BCUT2D eigenvalue weighted by Gasteiger charge is 1.96. The zero-order valence-corrected chi connectivity index (χ0v) is 26.4. The Labute approximate surface area is 245 Å². The number of rotatable bonds is 33. The predicted octanol–water partition coefficient (Wildman–Crippen LogP) is 11.7. The standard InChI is InChI=1S/C36H69NO2/c1-2-3-4-5-6-7-8-9-10-13-16-19-22-25-28-31-34-37-35-32-29-26-23-20-17-14-11-12-15-18-21-24-27-30-33-36(38)39/h9-12,37H,2-8,13-35H2,1H3,(H,38,39)/b10-9-,12-11-. The fourth-order valence-corrected chi connectivity index (χ4v) is 5.15. The van der Waals surface area contributed by atoms with Crippen LogP contribution in [0.4, 0.5) is 0 Å². The molecule has 0 unspecified atom stereocenters. The molecule has 0 aromatic carbocycles. The summed E-state index contributed by atoms with van der Waals surface area (Å²) >= 11 is 0. The van der Waals surface area contributed by atoms with E-state index in [4.69, 9.17) is 5.11 Å². The average Bonchev–Trinajstić information content (AvgIpc) is 2.93. The van der Waals surface area contributed by atoms with Crippen LogP contribution in [0.2, 0.25) is 0 Å². The molecule has 0 aliphatic rings. The van der Waals surface area contributed by atoms with E-state index in [1.165, 1.54) is 174 Å². The summed E-state index contributed by atoms with van der Waals surface area (Å²) in [5, 5.41) is 12.3. The van der Waals surface area contributed by atoms with Crippen LogP contribution in [0.5, 0.6) is 0 Å². The maximum Gasteiger partial charge on any atom is 0.303 e. The topological polar surface area (TPSA) is 49.3 Å². The molecule has 2 N–H and O–H groups in total. The maximum absolute atomic E-state index is 10.5. The molecular formula is C36H69NO2. The van der Waals surface area contributed by atoms with Crippen LogP contribution < -0.4 is 5.32 Å². The van der Waals surface area contributed by atoms with E-state index in [0.717, 1.165) is 12.8 Å². The molecule has 39 heavy (non-hydrogen) atoms. The summed E-state index contributed by atoms with van der Waals surface area (Å²) in [6.45, 7) is 4.70. The van der Waals surface area contributed by atoms with Gasteiger partial charge in [0.2, 0.25) is 0 Å². The van der Waals surface area contributed by atoms with E-state index >= 15 is 0 Å². The lowest BCUT2D eigenvalue weighted by atomic mass is 10.1. The number of nitrogens with one attached hydrogen (secondary N) is 1. The van der Waals surface area contributed by atoms with Crippen molar-refractivity contribution in [3.05, 3.63) is 24.3 Å². The summed E-state index contributed by atoms with van der Waals surface area (Å²) in [6, 6.07) is 0. The molecule has 0 spiro atoms. The Morgan fingerprint density at radius 1 is 0.462 bits per heavy atom. The van der Waals surface area contributed by atoms with Crippen LogP contribution in [0.3, 0.4) is 0 Å². The molecule has 0 aliphatic carbocycles. The highest BCUT2D eigenvalue weighted by molar-refractivity contribution is 5.66. The van der Waals surface area contributed by atoms with Crippen molar-refractivity contribution in [3.63, 3.8) is 0 Å². The minimum absolute atomic E-state index is 0.328. The zero-order valence-electron chi connectivity index (χ0n) is 26.4. The quantitative estimate of drug-likeness (QED) is 0.0634. The Balaban J connectivity index is 3.11. The largest absolute Gasteiger partial charge is 0.481 e. The zero-order chi connectivity index (χ0) is 28.3. The molecule has 0 bridgehead atoms. The van der Waals surface area contributed by atoms with E-state index in [1.54, 1.807) is 0 Å². The van der Waals surface area contributed by atoms with Gasteiger partial charge in [-0.05, 0) is 83.7 Å². The molecule has 0 saturated heterocycles. The Bertz CT molecular complexity index is 528. The SMILES string of the molecule is CCCCCCCC/C=C\CCCCCCCCNCCCCCCCC/C=C\CCCCCCCC(=O)O. The molecule has 0 aromatic heterocycles. The van der Waals surface area contributed by atoms with Gasteiger partial charge in [-0.3, -0.25) is 4.79 Å². The van der Waals surface area contributed by atoms with Crippen molar-refractivity contribution in [1.82, 2.24) is 5.32 Å². The lowest BCUT2D eigenvalue weighted by Crippen LogP contribution is -2.16. The van der Waals surface area contributed by atoms with Gasteiger partial charge in [-0.2, -0.15) is 0 Å². The minimum atomic E-state index is -0.662. The van der Waals surface area contributed by atoms with Crippen LogP contribution in [-0.4, -0.2) is 24.2 Å². The third-order valence-electron chi connectivity index (χ3n) is 7.77. The number of carbonyl (C=O) groups is 1. The van der Waals surface area contributed by atoms with Crippen molar-refractivity contribution < 1.29 is 9.90 Å². The number of carboxylic acid groups (broad SMARTS) is 1. The van der Waals surface area contributed by atoms with Crippen LogP contribution in [0.25, 0.3) is 0 Å². The molecule has 0 fully saturated rings. The fraction of sp³-hybridized carbons (Fsp3) is 0.861. The number of aliphatic carboxylic acids is 1. The summed E-state index contributed by atoms with van der Waals surface area (Å²) < 4.78 is 0. The van der Waals surface area contributed by atoms with Gasteiger partial charge < -0.3 is 10.4 Å². The Kier molecular flexibility index (Phi) is 34.0. The maximum atomic E-state index is 10.5. The Morgan fingerprint density at radius 2 is 0.769 bits per heavy atom. The first-order chi connectivity index (χ1) is 19.3. The van der Waals surface area contributed by atoms with Crippen LogP contribution in [0.1, 0.15) is 187 Å². The van der Waals surface area contributed by atoms with Gasteiger partial charge in [0.1, 0.15) is 0 Å². The molecule has 0 rings (SSSR count). The first kappa shape index (κ1) is 37.9. The molecule has 3 nitrogen and oxygen atoms in total. The second-order valence-corrected chi connectivity index (χ2v) is 11.8. The predicted molar refractivity (Wildman–Crippen MR) is 174 cm³/mol.